The molecule has 6 heteroatoms. The Kier molecular flexibility index (Phi) is 3.85. The van der Waals surface area contributed by atoms with Gasteiger partial charge in [-0.3, -0.25) is 15.0 Å². The summed E-state index contributed by atoms with van der Waals surface area (Å²) in [5.74, 6) is 0. The largest absolute Gasteiger partial charge is 0.388 e. The van der Waals surface area contributed by atoms with Crippen molar-refractivity contribution in [1.82, 2.24) is 4.90 Å². The second-order valence-corrected chi connectivity index (χ2v) is 5.90. The van der Waals surface area contributed by atoms with Crippen LogP contribution >= 0.6 is 0 Å². The number of benzene rings is 1. The maximum absolute atomic E-state index is 11.0. The summed E-state index contributed by atoms with van der Waals surface area (Å²) in [6.45, 7) is 7.06. The van der Waals surface area contributed by atoms with Crippen LogP contribution in [0.3, 0.4) is 0 Å². The highest BCUT2D eigenvalue weighted by molar-refractivity contribution is 5.64. The molecule has 0 atom stereocenters. The summed E-state index contributed by atoms with van der Waals surface area (Å²) in [4.78, 5) is 15.2. The van der Waals surface area contributed by atoms with Crippen LogP contribution in [0.5, 0.6) is 0 Å². The van der Waals surface area contributed by atoms with Crippen molar-refractivity contribution in [3.63, 3.8) is 0 Å². The van der Waals surface area contributed by atoms with Crippen LogP contribution in [0, 0.1) is 10.1 Å². The summed E-state index contributed by atoms with van der Waals surface area (Å²) in [7, 11) is 3.89. The molecule has 0 amide bonds. The highest BCUT2D eigenvalue weighted by Gasteiger charge is 2.31. The molecule has 20 heavy (non-hydrogen) atoms. The van der Waals surface area contributed by atoms with E-state index in [1.807, 2.05) is 6.07 Å². The van der Waals surface area contributed by atoms with Crippen molar-refractivity contribution in [2.45, 2.75) is 19.4 Å². The lowest BCUT2D eigenvalue weighted by Crippen LogP contribution is -2.57. The fourth-order valence-electron chi connectivity index (χ4n) is 2.49. The Morgan fingerprint density at radius 2 is 2.00 bits per heavy atom. The van der Waals surface area contributed by atoms with Gasteiger partial charge in [0, 0.05) is 55.7 Å². The number of non-ortho nitro benzene ring substituents is 1. The minimum absolute atomic E-state index is 0.0582. The molecule has 1 fully saturated rings. The number of nitrogens with zero attached hydrogens (tertiary/aromatic N) is 3. The lowest BCUT2D eigenvalue weighted by molar-refractivity contribution is -0.384. The maximum atomic E-state index is 11.0. The third-order valence-corrected chi connectivity index (χ3v) is 4.08. The molecule has 0 radical (unpaired) electrons. The number of hydrogen-bond acceptors (Lipinski definition) is 5. The Bertz CT molecular complexity index is 516. The molecule has 0 unspecified atom stereocenters. The van der Waals surface area contributed by atoms with Crippen molar-refractivity contribution in [3.05, 3.63) is 28.3 Å². The average molecular weight is 278 g/mol. The van der Waals surface area contributed by atoms with Crippen LogP contribution in [-0.2, 0) is 0 Å². The Hall–Kier alpha value is -1.82. The van der Waals surface area contributed by atoms with E-state index >= 15 is 0 Å². The molecular formula is C14H22N4O2. The summed E-state index contributed by atoms with van der Waals surface area (Å²) < 4.78 is 0. The van der Waals surface area contributed by atoms with Crippen LogP contribution in [0.25, 0.3) is 0 Å². The number of piperazine rings is 1. The smallest absolute Gasteiger partial charge is 0.273 e. The fraction of sp³-hybridized carbons (Fsp3) is 0.571. The van der Waals surface area contributed by atoms with Crippen LogP contribution in [0.4, 0.5) is 17.1 Å². The number of nitrogens with one attached hydrogen (secondary N) is 1. The first-order valence-corrected chi connectivity index (χ1v) is 6.77. The molecule has 1 aliphatic heterocycles. The predicted octanol–water partition coefficient (Wildman–Crippen LogP) is 2.17. The summed E-state index contributed by atoms with van der Waals surface area (Å²) in [6.07, 6.45) is 0. The van der Waals surface area contributed by atoms with Gasteiger partial charge in [0.15, 0.2) is 0 Å². The van der Waals surface area contributed by atoms with Crippen molar-refractivity contribution in [2.75, 3.05) is 43.9 Å². The van der Waals surface area contributed by atoms with Crippen LogP contribution in [0.2, 0.25) is 0 Å². The van der Waals surface area contributed by atoms with Crippen LogP contribution in [-0.4, -0.2) is 49.1 Å². The van der Waals surface area contributed by atoms with E-state index in [1.54, 1.807) is 19.2 Å². The van der Waals surface area contributed by atoms with E-state index in [0.717, 1.165) is 31.0 Å². The van der Waals surface area contributed by atoms with Gasteiger partial charge in [0.1, 0.15) is 0 Å². The van der Waals surface area contributed by atoms with Gasteiger partial charge in [0.25, 0.3) is 5.69 Å². The van der Waals surface area contributed by atoms with Gasteiger partial charge in [-0.25, -0.2) is 0 Å². The zero-order valence-corrected chi connectivity index (χ0v) is 12.5. The van der Waals surface area contributed by atoms with Crippen molar-refractivity contribution in [1.29, 1.82) is 0 Å². The molecule has 1 heterocycles. The lowest BCUT2D eigenvalue weighted by Gasteiger charge is -2.46. The van der Waals surface area contributed by atoms with Crippen LogP contribution < -0.4 is 10.2 Å². The van der Waals surface area contributed by atoms with Crippen LogP contribution in [0.15, 0.2) is 18.2 Å². The van der Waals surface area contributed by atoms with Gasteiger partial charge in [-0.2, -0.15) is 0 Å². The number of rotatable bonds is 3. The molecule has 0 saturated carbocycles. The molecule has 1 saturated heterocycles. The van der Waals surface area contributed by atoms with Crippen molar-refractivity contribution < 1.29 is 4.92 Å². The van der Waals surface area contributed by atoms with Crippen LogP contribution in [0.1, 0.15) is 13.8 Å². The van der Waals surface area contributed by atoms with Crippen molar-refractivity contribution in [3.8, 4) is 0 Å². The first-order valence-electron chi connectivity index (χ1n) is 6.77. The predicted molar refractivity (Wildman–Crippen MR) is 81.6 cm³/mol. The Labute approximate surface area is 119 Å². The molecule has 0 spiro atoms. The van der Waals surface area contributed by atoms with E-state index in [9.17, 15) is 10.1 Å². The van der Waals surface area contributed by atoms with Gasteiger partial charge in [0.05, 0.1) is 4.92 Å². The van der Waals surface area contributed by atoms with Gasteiger partial charge in [-0.05, 0) is 27.0 Å². The van der Waals surface area contributed by atoms with Gasteiger partial charge in [0.2, 0.25) is 0 Å². The topological polar surface area (TPSA) is 61.6 Å². The average Bonchev–Trinajstić information content (AvgIpc) is 2.41. The third kappa shape index (κ3) is 2.85. The first kappa shape index (κ1) is 14.6. The molecule has 110 valence electrons. The third-order valence-electron chi connectivity index (χ3n) is 4.08. The van der Waals surface area contributed by atoms with E-state index < -0.39 is 0 Å². The van der Waals surface area contributed by atoms with E-state index in [0.29, 0.717) is 0 Å². The second-order valence-electron chi connectivity index (χ2n) is 5.90. The molecule has 6 nitrogen and oxygen atoms in total. The SMILES string of the molecule is CNc1cc(N2CCN(C)C(C)(C)C2)cc([N+](=O)[O-])c1. The molecule has 0 bridgehead atoms. The standard InChI is InChI=1S/C14H22N4O2/c1-14(2)10-17(6-5-16(14)4)12-7-11(15-3)8-13(9-12)18(19)20/h7-9,15H,5-6,10H2,1-4H3. The van der Waals surface area contributed by atoms with Gasteiger partial charge >= 0.3 is 0 Å². The zero-order valence-electron chi connectivity index (χ0n) is 12.5. The number of likely N-dealkylation sites (N-methyl/N-ethyl adjacent to an activating group) is 1. The lowest BCUT2D eigenvalue weighted by atomic mass is 9.99. The summed E-state index contributed by atoms with van der Waals surface area (Å²) in [5, 5.41) is 14.0. The molecule has 1 aromatic rings. The number of nitro benzene ring substituents is 1. The van der Waals surface area contributed by atoms with E-state index in [-0.39, 0.29) is 16.1 Å². The molecule has 0 aliphatic carbocycles. The minimum atomic E-state index is -0.342. The highest BCUT2D eigenvalue weighted by atomic mass is 16.6. The zero-order chi connectivity index (χ0) is 14.9. The number of hydrogen-bond donors (Lipinski definition) is 1. The summed E-state index contributed by atoms with van der Waals surface area (Å²) in [5.41, 5.74) is 1.86. The molecule has 2 rings (SSSR count). The Balaban J connectivity index is 2.32. The molecule has 1 N–H and O–H groups in total. The monoisotopic (exact) mass is 278 g/mol. The normalized spacial score (nSPS) is 18.9. The van der Waals surface area contributed by atoms with Crippen molar-refractivity contribution in [2.24, 2.45) is 0 Å². The van der Waals surface area contributed by atoms with E-state index in [1.165, 1.54) is 0 Å². The van der Waals surface area contributed by atoms with Crippen molar-refractivity contribution >= 4 is 17.1 Å². The highest BCUT2D eigenvalue weighted by Crippen LogP contribution is 2.30. The molecular weight excluding hydrogens is 256 g/mol. The molecule has 1 aromatic carbocycles. The van der Waals surface area contributed by atoms with Gasteiger partial charge < -0.3 is 10.2 Å². The summed E-state index contributed by atoms with van der Waals surface area (Å²) >= 11 is 0. The maximum Gasteiger partial charge on any atom is 0.273 e. The quantitative estimate of drug-likeness (QED) is 0.678. The van der Waals surface area contributed by atoms with E-state index in [2.05, 4.69) is 36.0 Å². The first-order chi connectivity index (χ1) is 9.33. The Morgan fingerprint density at radius 1 is 1.30 bits per heavy atom. The Morgan fingerprint density at radius 3 is 2.55 bits per heavy atom. The number of nitro groups is 1. The summed E-state index contributed by atoms with van der Waals surface area (Å²) in [6, 6.07) is 5.18. The van der Waals surface area contributed by atoms with Gasteiger partial charge in [-0.15, -0.1) is 0 Å². The number of anilines is 2. The molecule has 0 aromatic heterocycles. The van der Waals surface area contributed by atoms with Gasteiger partial charge in [-0.1, -0.05) is 0 Å². The van der Waals surface area contributed by atoms with E-state index in [4.69, 9.17) is 0 Å². The fourth-order valence-corrected chi connectivity index (χ4v) is 2.49. The minimum Gasteiger partial charge on any atom is -0.388 e. The second kappa shape index (κ2) is 5.28. The molecule has 1 aliphatic rings.